The number of aromatic nitrogens is 3. The molecule has 5 heteroatoms. The monoisotopic (exact) mass is 247 g/mol. The molecule has 2 aromatic rings. The molecular weight excluding hydrogens is 230 g/mol. The van der Waals surface area contributed by atoms with Gasteiger partial charge in [0.05, 0.1) is 6.54 Å². The van der Waals surface area contributed by atoms with Crippen molar-refractivity contribution in [3.05, 3.63) is 42.0 Å². The molecule has 1 aromatic carbocycles. The van der Waals surface area contributed by atoms with E-state index in [0.717, 1.165) is 11.6 Å². The van der Waals surface area contributed by atoms with Crippen LogP contribution < -0.4 is 4.74 Å². The fourth-order valence-electron chi connectivity index (χ4n) is 1.70. The summed E-state index contributed by atoms with van der Waals surface area (Å²) >= 11 is 0. The Morgan fingerprint density at radius 3 is 2.61 bits per heavy atom. The van der Waals surface area contributed by atoms with E-state index in [4.69, 9.17) is 4.74 Å². The molecule has 0 fully saturated rings. The minimum absolute atomic E-state index is 0.238. The average Bonchev–Trinajstić information content (AvgIpc) is 2.67. The topological polar surface area (TPSA) is 60.2 Å². The van der Waals surface area contributed by atoms with Crippen LogP contribution in [0, 0.1) is 13.8 Å². The van der Waals surface area contributed by atoms with Gasteiger partial charge in [-0.1, -0.05) is 18.2 Å². The largest absolute Gasteiger partial charge is 0.491 e. The number of para-hydroxylation sites is 1. The van der Waals surface area contributed by atoms with Crippen molar-refractivity contribution in [2.45, 2.75) is 26.5 Å². The molecule has 1 heterocycles. The predicted octanol–water partition coefficient (Wildman–Crippen LogP) is 1.33. The van der Waals surface area contributed by atoms with Crippen LogP contribution in [0.2, 0.25) is 0 Å². The molecule has 0 saturated carbocycles. The number of hydrogen-bond acceptors (Lipinski definition) is 4. The van der Waals surface area contributed by atoms with Gasteiger partial charge < -0.3 is 9.84 Å². The first-order valence-corrected chi connectivity index (χ1v) is 5.89. The third-order valence-electron chi connectivity index (χ3n) is 2.53. The highest BCUT2D eigenvalue weighted by Crippen LogP contribution is 2.09. The first-order valence-electron chi connectivity index (χ1n) is 5.89. The van der Waals surface area contributed by atoms with Gasteiger partial charge in [-0.15, -0.1) is 0 Å². The molecule has 0 aliphatic carbocycles. The van der Waals surface area contributed by atoms with Gasteiger partial charge in [0.15, 0.2) is 0 Å². The normalized spacial score (nSPS) is 12.4. The minimum atomic E-state index is -0.606. The number of aryl methyl sites for hydroxylation is 2. The van der Waals surface area contributed by atoms with Crippen molar-refractivity contribution >= 4 is 0 Å². The first kappa shape index (κ1) is 12.6. The van der Waals surface area contributed by atoms with E-state index in [1.807, 2.05) is 44.2 Å². The quantitative estimate of drug-likeness (QED) is 0.866. The minimum Gasteiger partial charge on any atom is -0.491 e. The molecule has 1 aromatic heterocycles. The molecule has 18 heavy (non-hydrogen) atoms. The molecule has 0 unspecified atom stereocenters. The SMILES string of the molecule is Cc1nc(C)n(C[C@H](O)COc2ccccc2)n1. The second-order valence-corrected chi connectivity index (χ2v) is 4.17. The van der Waals surface area contributed by atoms with Crippen LogP contribution in [-0.2, 0) is 6.54 Å². The molecule has 1 N–H and O–H groups in total. The standard InChI is InChI=1S/C13H17N3O2/c1-10-14-11(2)16(15-10)8-12(17)9-18-13-6-4-3-5-7-13/h3-7,12,17H,8-9H2,1-2H3/t12-/m0/s1. The Hall–Kier alpha value is -1.88. The van der Waals surface area contributed by atoms with E-state index in [-0.39, 0.29) is 6.61 Å². The lowest BCUT2D eigenvalue weighted by Gasteiger charge is -2.12. The number of rotatable bonds is 5. The number of nitrogens with zero attached hydrogens (tertiary/aromatic N) is 3. The average molecular weight is 247 g/mol. The second kappa shape index (κ2) is 5.64. The highest BCUT2D eigenvalue weighted by atomic mass is 16.5. The Labute approximate surface area is 106 Å². The van der Waals surface area contributed by atoms with Crippen LogP contribution in [0.25, 0.3) is 0 Å². The lowest BCUT2D eigenvalue weighted by molar-refractivity contribution is 0.0886. The lowest BCUT2D eigenvalue weighted by Crippen LogP contribution is -2.24. The highest BCUT2D eigenvalue weighted by Gasteiger charge is 2.10. The molecule has 0 aliphatic heterocycles. The molecule has 5 nitrogen and oxygen atoms in total. The molecule has 0 aliphatic rings. The summed E-state index contributed by atoms with van der Waals surface area (Å²) in [5, 5.41) is 14.1. The molecule has 0 amide bonds. The van der Waals surface area contributed by atoms with Crippen molar-refractivity contribution in [3.8, 4) is 5.75 Å². The van der Waals surface area contributed by atoms with Gasteiger partial charge in [-0.3, -0.25) is 0 Å². The van der Waals surface area contributed by atoms with Crippen LogP contribution in [0.4, 0.5) is 0 Å². The van der Waals surface area contributed by atoms with Crippen molar-refractivity contribution in [3.63, 3.8) is 0 Å². The predicted molar refractivity (Wildman–Crippen MR) is 67.4 cm³/mol. The number of hydrogen-bond donors (Lipinski definition) is 1. The van der Waals surface area contributed by atoms with Crippen molar-refractivity contribution in [1.29, 1.82) is 0 Å². The zero-order chi connectivity index (χ0) is 13.0. The summed E-state index contributed by atoms with van der Waals surface area (Å²) in [5.74, 6) is 2.26. The number of benzene rings is 1. The Balaban J connectivity index is 1.86. The van der Waals surface area contributed by atoms with Crippen molar-refractivity contribution in [2.24, 2.45) is 0 Å². The third kappa shape index (κ3) is 3.30. The van der Waals surface area contributed by atoms with Crippen molar-refractivity contribution in [1.82, 2.24) is 14.8 Å². The smallest absolute Gasteiger partial charge is 0.147 e. The number of aliphatic hydroxyl groups excluding tert-OH is 1. The Morgan fingerprint density at radius 1 is 1.28 bits per heavy atom. The van der Waals surface area contributed by atoms with E-state index in [1.165, 1.54) is 0 Å². The Morgan fingerprint density at radius 2 is 2.00 bits per heavy atom. The van der Waals surface area contributed by atoms with Gasteiger partial charge >= 0.3 is 0 Å². The van der Waals surface area contributed by atoms with Gasteiger partial charge in [-0.05, 0) is 26.0 Å². The molecule has 0 bridgehead atoms. The summed E-state index contributed by atoms with van der Waals surface area (Å²) < 4.78 is 7.16. The maximum Gasteiger partial charge on any atom is 0.147 e. The van der Waals surface area contributed by atoms with Crippen LogP contribution in [0.15, 0.2) is 30.3 Å². The maximum atomic E-state index is 9.88. The van der Waals surface area contributed by atoms with Crippen molar-refractivity contribution < 1.29 is 9.84 Å². The van der Waals surface area contributed by atoms with Gasteiger partial charge in [0.2, 0.25) is 0 Å². The molecule has 0 saturated heterocycles. The second-order valence-electron chi connectivity index (χ2n) is 4.17. The Bertz CT molecular complexity index is 496. The van der Waals surface area contributed by atoms with E-state index in [2.05, 4.69) is 10.1 Å². The fourth-order valence-corrected chi connectivity index (χ4v) is 1.70. The van der Waals surface area contributed by atoms with E-state index >= 15 is 0 Å². The summed E-state index contributed by atoms with van der Waals surface area (Å²) in [4.78, 5) is 4.18. The van der Waals surface area contributed by atoms with E-state index < -0.39 is 6.10 Å². The highest BCUT2D eigenvalue weighted by molar-refractivity contribution is 5.20. The van der Waals surface area contributed by atoms with Gasteiger partial charge in [0.25, 0.3) is 0 Å². The Kier molecular flexibility index (Phi) is 3.94. The number of aliphatic hydroxyl groups is 1. The number of ether oxygens (including phenoxy) is 1. The molecular formula is C13H17N3O2. The van der Waals surface area contributed by atoms with E-state index in [9.17, 15) is 5.11 Å². The van der Waals surface area contributed by atoms with Crippen LogP contribution in [0.5, 0.6) is 5.75 Å². The summed E-state index contributed by atoms with van der Waals surface area (Å²) in [6.45, 7) is 4.32. The van der Waals surface area contributed by atoms with Crippen LogP contribution in [0.3, 0.4) is 0 Å². The fraction of sp³-hybridized carbons (Fsp3) is 0.385. The van der Waals surface area contributed by atoms with Gasteiger partial charge in [0, 0.05) is 0 Å². The summed E-state index contributed by atoms with van der Waals surface area (Å²) in [7, 11) is 0. The lowest BCUT2D eigenvalue weighted by atomic mass is 10.3. The van der Waals surface area contributed by atoms with Crippen LogP contribution >= 0.6 is 0 Å². The van der Waals surface area contributed by atoms with E-state index in [1.54, 1.807) is 4.68 Å². The third-order valence-corrected chi connectivity index (χ3v) is 2.53. The first-order chi connectivity index (χ1) is 8.65. The summed E-state index contributed by atoms with van der Waals surface area (Å²) in [6, 6.07) is 9.43. The zero-order valence-corrected chi connectivity index (χ0v) is 10.6. The molecule has 1 atom stereocenters. The van der Waals surface area contributed by atoms with Gasteiger partial charge in [0.1, 0.15) is 30.1 Å². The molecule has 0 radical (unpaired) electrons. The maximum absolute atomic E-state index is 9.88. The van der Waals surface area contributed by atoms with Crippen molar-refractivity contribution in [2.75, 3.05) is 6.61 Å². The molecule has 2 rings (SSSR count). The summed E-state index contributed by atoms with van der Waals surface area (Å²) in [6.07, 6.45) is -0.606. The van der Waals surface area contributed by atoms with Crippen LogP contribution in [-0.4, -0.2) is 32.6 Å². The van der Waals surface area contributed by atoms with E-state index in [0.29, 0.717) is 12.4 Å². The zero-order valence-electron chi connectivity index (χ0n) is 10.6. The van der Waals surface area contributed by atoms with Crippen LogP contribution in [0.1, 0.15) is 11.6 Å². The molecule has 0 spiro atoms. The summed E-state index contributed by atoms with van der Waals surface area (Å²) in [5.41, 5.74) is 0. The molecule has 96 valence electrons. The van der Waals surface area contributed by atoms with Gasteiger partial charge in [-0.2, -0.15) is 5.10 Å². The van der Waals surface area contributed by atoms with Gasteiger partial charge in [-0.25, -0.2) is 9.67 Å².